The van der Waals surface area contributed by atoms with E-state index in [1.54, 1.807) is 0 Å². The van der Waals surface area contributed by atoms with Crippen molar-refractivity contribution in [2.45, 2.75) is 52.2 Å². The van der Waals surface area contributed by atoms with Crippen LogP contribution in [-0.2, 0) is 6.54 Å². The Morgan fingerprint density at radius 2 is 1.95 bits per heavy atom. The average molecular weight is 285 g/mol. The van der Waals surface area contributed by atoms with Crippen LogP contribution in [0, 0.1) is 17.3 Å². The zero-order valence-corrected chi connectivity index (χ0v) is 13.6. The fourth-order valence-electron chi connectivity index (χ4n) is 5.48. The molecule has 114 valence electrons. The summed E-state index contributed by atoms with van der Waals surface area (Å²) in [6.45, 7) is 10.8. The molecule has 3 aliphatic rings. The lowest BCUT2D eigenvalue weighted by Crippen LogP contribution is -2.48. The largest absolute Gasteiger partial charge is 0.487 e. The van der Waals surface area contributed by atoms with E-state index in [1.165, 1.54) is 31.5 Å². The molecule has 4 unspecified atom stereocenters. The van der Waals surface area contributed by atoms with Gasteiger partial charge in [-0.25, -0.2) is 0 Å². The lowest BCUT2D eigenvalue weighted by Gasteiger charge is -2.44. The molecular formula is C19H27NO. The standard InChI is InChI=1S/C19H27NO/c1-18(2)9-8-15-13-20-11-10-19(3,17(15)18)21-16-7-5-4-6-14(16)12-20/h4-7,15,17H,8-13H2,1-3H3. The van der Waals surface area contributed by atoms with Crippen LogP contribution in [0.25, 0.3) is 0 Å². The van der Waals surface area contributed by atoms with Gasteiger partial charge in [-0.15, -0.1) is 0 Å². The molecule has 1 aliphatic carbocycles. The number of rotatable bonds is 0. The Morgan fingerprint density at radius 3 is 2.81 bits per heavy atom. The predicted molar refractivity (Wildman–Crippen MR) is 85.4 cm³/mol. The molecule has 2 heterocycles. The average Bonchev–Trinajstić information content (AvgIpc) is 2.66. The smallest absolute Gasteiger partial charge is 0.124 e. The van der Waals surface area contributed by atoms with Gasteiger partial charge in [0.2, 0.25) is 0 Å². The second-order valence-electron chi connectivity index (χ2n) is 8.27. The molecule has 2 heteroatoms. The fraction of sp³-hybridized carbons (Fsp3) is 0.684. The van der Waals surface area contributed by atoms with Gasteiger partial charge < -0.3 is 4.74 Å². The van der Waals surface area contributed by atoms with Crippen LogP contribution < -0.4 is 4.74 Å². The number of benzene rings is 1. The summed E-state index contributed by atoms with van der Waals surface area (Å²) in [5, 5.41) is 0. The van der Waals surface area contributed by atoms with Gasteiger partial charge in [0.15, 0.2) is 0 Å². The van der Waals surface area contributed by atoms with Crippen LogP contribution in [0.1, 0.15) is 45.6 Å². The maximum absolute atomic E-state index is 6.71. The molecule has 1 saturated heterocycles. The van der Waals surface area contributed by atoms with E-state index in [4.69, 9.17) is 4.74 Å². The number of hydrogen-bond acceptors (Lipinski definition) is 2. The van der Waals surface area contributed by atoms with Crippen molar-refractivity contribution in [2.75, 3.05) is 13.1 Å². The minimum Gasteiger partial charge on any atom is -0.487 e. The molecule has 0 amide bonds. The van der Waals surface area contributed by atoms with Gasteiger partial charge in [-0.3, -0.25) is 4.90 Å². The van der Waals surface area contributed by atoms with Gasteiger partial charge in [0.1, 0.15) is 11.4 Å². The quantitative estimate of drug-likeness (QED) is 0.711. The third kappa shape index (κ3) is 2.11. The van der Waals surface area contributed by atoms with E-state index in [1.807, 2.05) is 0 Å². The van der Waals surface area contributed by atoms with E-state index < -0.39 is 0 Å². The molecule has 1 saturated carbocycles. The summed E-state index contributed by atoms with van der Waals surface area (Å²) < 4.78 is 6.71. The number of fused-ring (bicyclic) bond motifs is 6. The number of ether oxygens (including phenoxy) is 1. The van der Waals surface area contributed by atoms with Crippen molar-refractivity contribution in [1.82, 2.24) is 4.90 Å². The number of nitrogens with zero attached hydrogens (tertiary/aromatic N) is 1. The number of hydrogen-bond donors (Lipinski definition) is 0. The van der Waals surface area contributed by atoms with Crippen molar-refractivity contribution in [3.05, 3.63) is 29.8 Å². The molecule has 2 fully saturated rings. The summed E-state index contributed by atoms with van der Waals surface area (Å²) in [5.41, 5.74) is 1.74. The SMILES string of the molecule is CC1(C)CCC2CN3CCC(C)(Oc4ccccc4C3)C21. The lowest BCUT2D eigenvalue weighted by atomic mass is 9.68. The molecule has 2 nitrogen and oxygen atoms in total. The zero-order chi connectivity index (χ0) is 14.7. The summed E-state index contributed by atoms with van der Waals surface area (Å²) in [6.07, 6.45) is 3.87. The van der Waals surface area contributed by atoms with Crippen molar-refractivity contribution in [3.8, 4) is 5.75 Å². The molecule has 4 atom stereocenters. The van der Waals surface area contributed by atoms with Crippen molar-refractivity contribution in [2.24, 2.45) is 17.3 Å². The van der Waals surface area contributed by atoms with Crippen molar-refractivity contribution < 1.29 is 4.74 Å². The second-order valence-corrected chi connectivity index (χ2v) is 8.27. The highest BCUT2D eigenvalue weighted by molar-refractivity contribution is 5.35. The first kappa shape index (κ1) is 13.6. The first-order valence-corrected chi connectivity index (χ1v) is 8.47. The summed E-state index contributed by atoms with van der Waals surface area (Å²) in [5.74, 6) is 2.58. The Bertz CT molecular complexity index is 552. The molecule has 1 aromatic rings. The van der Waals surface area contributed by atoms with Crippen LogP contribution >= 0.6 is 0 Å². The molecule has 0 radical (unpaired) electrons. The van der Waals surface area contributed by atoms with Crippen LogP contribution in [0.15, 0.2) is 24.3 Å². The Kier molecular flexibility index (Phi) is 2.91. The first-order chi connectivity index (χ1) is 9.98. The highest BCUT2D eigenvalue weighted by Crippen LogP contribution is 2.55. The molecule has 2 aliphatic heterocycles. The van der Waals surface area contributed by atoms with E-state index in [-0.39, 0.29) is 5.60 Å². The molecular weight excluding hydrogens is 258 g/mol. The van der Waals surface area contributed by atoms with E-state index in [0.29, 0.717) is 11.3 Å². The molecule has 4 rings (SSSR count). The summed E-state index contributed by atoms with van der Waals surface area (Å²) in [6, 6.07) is 8.65. The van der Waals surface area contributed by atoms with Crippen LogP contribution in [0.3, 0.4) is 0 Å². The minimum absolute atomic E-state index is 0.0179. The molecule has 1 aromatic carbocycles. The third-order valence-corrected chi connectivity index (χ3v) is 6.26. The van der Waals surface area contributed by atoms with E-state index >= 15 is 0 Å². The normalized spacial score (nSPS) is 40.4. The Labute approximate surface area is 128 Å². The minimum atomic E-state index is -0.0179. The van der Waals surface area contributed by atoms with Crippen LogP contribution in [0.2, 0.25) is 0 Å². The summed E-state index contributed by atoms with van der Waals surface area (Å²) >= 11 is 0. The van der Waals surface area contributed by atoms with E-state index in [2.05, 4.69) is 49.9 Å². The summed E-state index contributed by atoms with van der Waals surface area (Å²) in [7, 11) is 0. The zero-order valence-electron chi connectivity index (χ0n) is 13.6. The van der Waals surface area contributed by atoms with Crippen LogP contribution in [0.5, 0.6) is 5.75 Å². The molecule has 0 spiro atoms. The fourth-order valence-corrected chi connectivity index (χ4v) is 5.48. The Morgan fingerprint density at radius 1 is 1.14 bits per heavy atom. The van der Waals surface area contributed by atoms with Crippen LogP contribution in [0.4, 0.5) is 0 Å². The third-order valence-electron chi connectivity index (χ3n) is 6.26. The van der Waals surface area contributed by atoms with Crippen molar-refractivity contribution in [1.29, 1.82) is 0 Å². The maximum Gasteiger partial charge on any atom is 0.124 e. The van der Waals surface area contributed by atoms with Gasteiger partial charge in [0.25, 0.3) is 0 Å². The summed E-state index contributed by atoms with van der Waals surface area (Å²) in [4.78, 5) is 2.67. The van der Waals surface area contributed by atoms with Crippen molar-refractivity contribution >= 4 is 0 Å². The topological polar surface area (TPSA) is 12.5 Å². The molecule has 2 bridgehead atoms. The monoisotopic (exact) mass is 285 g/mol. The van der Waals surface area contributed by atoms with Gasteiger partial charge in [-0.05, 0) is 43.6 Å². The van der Waals surface area contributed by atoms with Crippen LogP contribution in [-0.4, -0.2) is 23.6 Å². The van der Waals surface area contributed by atoms with Gasteiger partial charge in [0, 0.05) is 31.1 Å². The van der Waals surface area contributed by atoms with Crippen molar-refractivity contribution in [3.63, 3.8) is 0 Å². The Balaban J connectivity index is 1.82. The van der Waals surface area contributed by atoms with E-state index in [0.717, 1.165) is 24.6 Å². The molecule has 0 aromatic heterocycles. The second kappa shape index (κ2) is 4.49. The Hall–Kier alpha value is -1.02. The molecule has 21 heavy (non-hydrogen) atoms. The van der Waals surface area contributed by atoms with Gasteiger partial charge in [-0.1, -0.05) is 32.0 Å². The van der Waals surface area contributed by atoms with E-state index in [9.17, 15) is 0 Å². The predicted octanol–water partition coefficient (Wildman–Crippen LogP) is 4.10. The van der Waals surface area contributed by atoms with Gasteiger partial charge in [-0.2, -0.15) is 0 Å². The number of para-hydroxylation sites is 1. The highest BCUT2D eigenvalue weighted by Gasteiger charge is 2.55. The van der Waals surface area contributed by atoms with Gasteiger partial charge >= 0.3 is 0 Å². The first-order valence-electron chi connectivity index (χ1n) is 8.47. The lowest BCUT2D eigenvalue weighted by molar-refractivity contribution is -0.0342. The maximum atomic E-state index is 6.71. The highest BCUT2D eigenvalue weighted by atomic mass is 16.5. The van der Waals surface area contributed by atoms with Gasteiger partial charge in [0.05, 0.1) is 0 Å². The molecule has 0 N–H and O–H groups in total.